The molecule has 0 unspecified atom stereocenters. The highest BCUT2D eigenvalue weighted by molar-refractivity contribution is 7.22. The van der Waals surface area contributed by atoms with Gasteiger partial charge in [0.1, 0.15) is 0 Å². The molecule has 2 aliphatic rings. The van der Waals surface area contributed by atoms with E-state index in [1.807, 2.05) is 4.90 Å². The number of rotatable bonds is 3. The van der Waals surface area contributed by atoms with E-state index in [9.17, 15) is 18.0 Å². The van der Waals surface area contributed by atoms with Crippen molar-refractivity contribution in [2.75, 3.05) is 37.6 Å². The first-order valence-corrected chi connectivity index (χ1v) is 11.2. The number of halogens is 4. The topological polar surface area (TPSA) is 36.4 Å². The molecule has 158 valence electrons. The van der Waals surface area contributed by atoms with Crippen LogP contribution in [0.3, 0.4) is 0 Å². The normalized spacial score (nSPS) is 19.8. The Kier molecular flexibility index (Phi) is 6.04. The van der Waals surface area contributed by atoms with Crippen LogP contribution >= 0.6 is 22.9 Å². The summed E-state index contributed by atoms with van der Waals surface area (Å²) < 4.78 is 39.4. The van der Waals surface area contributed by atoms with Crippen LogP contribution in [0.15, 0.2) is 16.9 Å². The highest BCUT2D eigenvalue weighted by atomic mass is 35.5. The fraction of sp³-hybridized carbons (Fsp3) is 0.600. The first-order valence-electron chi connectivity index (χ1n) is 10.00. The predicted molar refractivity (Wildman–Crippen MR) is 111 cm³/mol. The van der Waals surface area contributed by atoms with E-state index in [1.165, 1.54) is 43.4 Å². The van der Waals surface area contributed by atoms with Crippen LogP contribution in [0.2, 0.25) is 5.02 Å². The molecule has 1 saturated carbocycles. The minimum absolute atomic E-state index is 0.0588. The molecule has 0 bridgehead atoms. The van der Waals surface area contributed by atoms with Gasteiger partial charge in [0.2, 0.25) is 0 Å². The third-order valence-corrected chi connectivity index (χ3v) is 7.46. The largest absolute Gasteiger partial charge is 0.416 e. The van der Waals surface area contributed by atoms with E-state index < -0.39 is 17.3 Å². The Balaban J connectivity index is 1.50. The van der Waals surface area contributed by atoms with Crippen molar-refractivity contribution in [3.63, 3.8) is 0 Å². The van der Waals surface area contributed by atoms with Gasteiger partial charge in [-0.3, -0.25) is 9.69 Å². The average Bonchev–Trinajstić information content (AvgIpc) is 2.69. The number of hydrogen-bond acceptors (Lipinski definition) is 5. The third kappa shape index (κ3) is 4.70. The number of hydrogen-bond donors (Lipinski definition) is 0. The quantitative estimate of drug-likeness (QED) is 0.663. The Morgan fingerprint density at radius 3 is 2.45 bits per heavy atom. The zero-order valence-electron chi connectivity index (χ0n) is 16.0. The van der Waals surface area contributed by atoms with E-state index >= 15 is 0 Å². The lowest BCUT2D eigenvalue weighted by Crippen LogP contribution is -2.48. The first kappa shape index (κ1) is 20.9. The van der Waals surface area contributed by atoms with Gasteiger partial charge in [0.15, 0.2) is 5.13 Å². The molecule has 0 N–H and O–H groups in total. The lowest BCUT2D eigenvalue weighted by molar-refractivity contribution is -0.137. The molecular weight excluding hydrogens is 423 g/mol. The molecule has 1 aromatic carbocycles. The molecule has 2 aromatic rings. The number of nitrogens with zero attached hydrogens (tertiary/aromatic N) is 3. The average molecular weight is 446 g/mol. The maximum absolute atomic E-state index is 13.0. The predicted octanol–water partition coefficient (Wildman–Crippen LogP) is 5.03. The standard InChI is InChI=1S/C20H23ClF3N3OS/c21-16-11-14(20(22,23)24)10-15-17(16)29-19(25-18(15)28)27-8-6-26(7-9-27)12-13-4-2-1-3-5-13/h10-11,13H,1-9,12H2. The molecule has 1 aromatic heterocycles. The van der Waals surface area contributed by atoms with Crippen LogP contribution in [0.1, 0.15) is 37.7 Å². The fourth-order valence-electron chi connectivity index (χ4n) is 4.27. The highest BCUT2D eigenvalue weighted by Gasteiger charge is 2.32. The Morgan fingerprint density at radius 2 is 1.79 bits per heavy atom. The van der Waals surface area contributed by atoms with Gasteiger partial charge in [-0.1, -0.05) is 42.2 Å². The van der Waals surface area contributed by atoms with Crippen molar-refractivity contribution in [2.24, 2.45) is 5.92 Å². The zero-order valence-corrected chi connectivity index (χ0v) is 17.5. The summed E-state index contributed by atoms with van der Waals surface area (Å²) in [4.78, 5) is 21.0. The number of anilines is 1. The van der Waals surface area contributed by atoms with Gasteiger partial charge in [-0.05, 0) is 30.9 Å². The van der Waals surface area contributed by atoms with Gasteiger partial charge in [0, 0.05) is 32.7 Å². The number of piperazine rings is 1. The lowest BCUT2D eigenvalue weighted by Gasteiger charge is -2.37. The van der Waals surface area contributed by atoms with Crippen molar-refractivity contribution in [3.8, 4) is 0 Å². The van der Waals surface area contributed by atoms with Gasteiger partial charge >= 0.3 is 6.18 Å². The Labute approximate surface area is 176 Å². The van der Waals surface area contributed by atoms with Gasteiger partial charge in [-0.2, -0.15) is 18.2 Å². The highest BCUT2D eigenvalue weighted by Crippen LogP contribution is 2.37. The second-order valence-corrected chi connectivity index (χ2v) is 9.31. The van der Waals surface area contributed by atoms with Gasteiger partial charge in [0.25, 0.3) is 5.56 Å². The summed E-state index contributed by atoms with van der Waals surface area (Å²) in [5, 5.41) is 0.396. The molecule has 29 heavy (non-hydrogen) atoms. The molecule has 9 heteroatoms. The smallest absolute Gasteiger partial charge is 0.345 e. The lowest BCUT2D eigenvalue weighted by atomic mass is 9.89. The van der Waals surface area contributed by atoms with Gasteiger partial charge in [-0.15, -0.1) is 0 Å². The maximum Gasteiger partial charge on any atom is 0.416 e. The van der Waals surface area contributed by atoms with Crippen LogP contribution in [-0.2, 0) is 6.18 Å². The van der Waals surface area contributed by atoms with Crippen LogP contribution in [-0.4, -0.2) is 42.6 Å². The maximum atomic E-state index is 13.0. The molecule has 1 saturated heterocycles. The number of fused-ring (bicyclic) bond motifs is 1. The molecule has 1 aliphatic carbocycles. The van der Waals surface area contributed by atoms with Crippen molar-refractivity contribution in [2.45, 2.75) is 38.3 Å². The molecule has 4 rings (SSSR count). The number of aromatic nitrogens is 1. The van der Waals surface area contributed by atoms with E-state index in [1.54, 1.807) is 0 Å². The summed E-state index contributed by atoms with van der Waals surface area (Å²) in [5.41, 5.74) is -1.59. The Bertz CT molecular complexity index is 935. The molecule has 2 fully saturated rings. The van der Waals surface area contributed by atoms with Crippen LogP contribution in [0.5, 0.6) is 0 Å². The fourth-order valence-corrected chi connectivity index (χ4v) is 5.64. The molecule has 1 aliphatic heterocycles. The minimum atomic E-state index is -4.55. The van der Waals surface area contributed by atoms with E-state index in [0.29, 0.717) is 9.83 Å². The van der Waals surface area contributed by atoms with Gasteiger partial charge in [0.05, 0.1) is 20.7 Å². The third-order valence-electron chi connectivity index (χ3n) is 5.88. The van der Waals surface area contributed by atoms with Crippen LogP contribution in [0.25, 0.3) is 10.1 Å². The molecule has 2 heterocycles. The van der Waals surface area contributed by atoms with E-state index in [2.05, 4.69) is 9.88 Å². The van der Waals surface area contributed by atoms with E-state index in [-0.39, 0.29) is 10.4 Å². The second-order valence-electron chi connectivity index (χ2n) is 7.93. The molecular formula is C20H23ClF3N3OS. The Morgan fingerprint density at radius 1 is 1.10 bits per heavy atom. The summed E-state index contributed by atoms with van der Waals surface area (Å²) in [6.45, 7) is 4.43. The number of benzene rings is 1. The van der Waals surface area contributed by atoms with E-state index in [0.717, 1.165) is 50.8 Å². The summed E-state index contributed by atoms with van der Waals surface area (Å²) in [5.74, 6) is 0.784. The van der Waals surface area contributed by atoms with Crippen LogP contribution < -0.4 is 10.5 Å². The summed E-state index contributed by atoms with van der Waals surface area (Å²) in [7, 11) is 0. The summed E-state index contributed by atoms with van der Waals surface area (Å²) in [6.07, 6.45) is 2.08. The molecule has 0 spiro atoms. The van der Waals surface area contributed by atoms with Crippen LogP contribution in [0.4, 0.5) is 18.3 Å². The first-order chi connectivity index (χ1) is 13.8. The SMILES string of the molecule is O=c1nc(N2CCN(CC3CCCCC3)CC2)sc2c(Cl)cc(C(F)(F)F)cc12. The zero-order chi connectivity index (χ0) is 20.6. The second kappa shape index (κ2) is 8.40. The van der Waals surface area contributed by atoms with Gasteiger partial charge < -0.3 is 4.90 Å². The van der Waals surface area contributed by atoms with Crippen molar-refractivity contribution >= 4 is 38.2 Å². The van der Waals surface area contributed by atoms with Crippen molar-refractivity contribution in [1.29, 1.82) is 0 Å². The molecule has 0 atom stereocenters. The van der Waals surface area contributed by atoms with Crippen molar-refractivity contribution < 1.29 is 13.2 Å². The number of alkyl halides is 3. The monoisotopic (exact) mass is 445 g/mol. The van der Waals surface area contributed by atoms with Crippen molar-refractivity contribution in [3.05, 3.63) is 33.1 Å². The summed E-state index contributed by atoms with van der Waals surface area (Å²) in [6, 6.07) is 1.73. The molecule has 4 nitrogen and oxygen atoms in total. The molecule has 0 amide bonds. The molecule has 0 radical (unpaired) electrons. The van der Waals surface area contributed by atoms with E-state index in [4.69, 9.17) is 11.6 Å². The van der Waals surface area contributed by atoms with Crippen LogP contribution in [0, 0.1) is 5.92 Å². The Hall–Kier alpha value is -1.38. The summed E-state index contributed by atoms with van der Waals surface area (Å²) >= 11 is 7.29. The van der Waals surface area contributed by atoms with Crippen molar-refractivity contribution in [1.82, 2.24) is 9.88 Å². The van der Waals surface area contributed by atoms with Gasteiger partial charge in [-0.25, -0.2) is 0 Å². The minimum Gasteiger partial charge on any atom is -0.345 e.